The summed E-state index contributed by atoms with van der Waals surface area (Å²) in [5, 5.41) is 0. The number of rotatable bonds is 7. The molecule has 0 spiro atoms. The summed E-state index contributed by atoms with van der Waals surface area (Å²) in [6, 6.07) is 30.3. The van der Waals surface area contributed by atoms with E-state index in [9.17, 15) is 0 Å². The van der Waals surface area contributed by atoms with E-state index in [1.165, 1.54) is 16.8 Å². The molecule has 0 bridgehead atoms. The van der Waals surface area contributed by atoms with Gasteiger partial charge in [-0.25, -0.2) is 4.98 Å². The first-order valence-corrected chi connectivity index (χ1v) is 11.5. The Labute approximate surface area is 195 Å². The minimum atomic E-state index is 0.295. The van der Waals surface area contributed by atoms with E-state index in [4.69, 9.17) is 4.74 Å². The molecule has 0 amide bonds. The van der Waals surface area contributed by atoms with Crippen LogP contribution in [0.25, 0.3) is 5.69 Å². The van der Waals surface area contributed by atoms with Crippen LogP contribution in [0.15, 0.2) is 97.3 Å². The molecule has 33 heavy (non-hydrogen) atoms. The van der Waals surface area contributed by atoms with Gasteiger partial charge in [0, 0.05) is 50.7 Å². The monoisotopic (exact) mass is 438 g/mol. The van der Waals surface area contributed by atoms with Crippen LogP contribution >= 0.6 is 0 Å². The number of aromatic nitrogens is 2. The molecule has 0 aliphatic carbocycles. The summed E-state index contributed by atoms with van der Waals surface area (Å²) in [5.41, 5.74) is 5.05. The van der Waals surface area contributed by atoms with Crippen molar-refractivity contribution < 1.29 is 4.74 Å². The van der Waals surface area contributed by atoms with Gasteiger partial charge in [0.25, 0.3) is 0 Å². The summed E-state index contributed by atoms with van der Waals surface area (Å²) in [4.78, 5) is 9.53. The zero-order valence-electron chi connectivity index (χ0n) is 19.0. The maximum absolute atomic E-state index is 5.20. The first kappa shape index (κ1) is 21.4. The van der Waals surface area contributed by atoms with Crippen LogP contribution in [0.3, 0.4) is 0 Å². The lowest BCUT2D eigenvalue weighted by Crippen LogP contribution is -2.47. The second kappa shape index (κ2) is 10.0. The zero-order chi connectivity index (χ0) is 22.5. The number of methoxy groups -OCH3 is 1. The molecule has 2 aromatic heterocycles. The van der Waals surface area contributed by atoms with Gasteiger partial charge in [-0.2, -0.15) is 0 Å². The first-order chi connectivity index (χ1) is 16.3. The summed E-state index contributed by atoms with van der Waals surface area (Å²) in [6.45, 7) is 5.09. The van der Waals surface area contributed by atoms with Gasteiger partial charge in [-0.15, -0.1) is 0 Å². The summed E-state index contributed by atoms with van der Waals surface area (Å²) in [7, 11) is 1.64. The van der Waals surface area contributed by atoms with Gasteiger partial charge in [0.05, 0.1) is 25.0 Å². The number of benzene rings is 2. The van der Waals surface area contributed by atoms with Crippen molar-refractivity contribution in [1.82, 2.24) is 19.4 Å². The van der Waals surface area contributed by atoms with E-state index in [-0.39, 0.29) is 0 Å². The average Bonchev–Trinajstić information content (AvgIpc) is 3.35. The molecule has 5 rings (SSSR count). The smallest absolute Gasteiger partial charge is 0.213 e. The maximum Gasteiger partial charge on any atom is 0.213 e. The van der Waals surface area contributed by atoms with E-state index >= 15 is 0 Å². The van der Waals surface area contributed by atoms with Crippen LogP contribution in [-0.2, 0) is 6.54 Å². The number of hydrogen-bond acceptors (Lipinski definition) is 4. The molecular weight excluding hydrogens is 408 g/mol. The molecule has 1 aliphatic heterocycles. The van der Waals surface area contributed by atoms with Crippen LogP contribution in [0.1, 0.15) is 22.9 Å². The fourth-order valence-corrected chi connectivity index (χ4v) is 4.73. The SMILES string of the molecule is COc1ccc(-n2cccc2CN2CCN(C(c3ccccc3)c3ccccc3)CC2)cn1. The number of hydrogen-bond donors (Lipinski definition) is 0. The molecule has 168 valence electrons. The van der Waals surface area contributed by atoms with Crippen molar-refractivity contribution in [3.05, 3.63) is 114 Å². The lowest BCUT2D eigenvalue weighted by Gasteiger charge is -2.40. The molecule has 0 radical (unpaired) electrons. The van der Waals surface area contributed by atoms with Gasteiger partial charge in [-0.3, -0.25) is 9.80 Å². The Bertz CT molecular complexity index is 1090. The van der Waals surface area contributed by atoms with Crippen molar-refractivity contribution in [3.63, 3.8) is 0 Å². The van der Waals surface area contributed by atoms with Crippen molar-refractivity contribution in [3.8, 4) is 11.6 Å². The Morgan fingerprint density at radius 2 is 1.45 bits per heavy atom. The fraction of sp³-hybridized carbons (Fsp3) is 0.250. The molecule has 1 aliphatic rings. The first-order valence-electron chi connectivity index (χ1n) is 11.5. The summed E-state index contributed by atoms with van der Waals surface area (Å²) in [5.74, 6) is 0.634. The Balaban J connectivity index is 1.28. The summed E-state index contributed by atoms with van der Waals surface area (Å²) < 4.78 is 7.42. The quantitative estimate of drug-likeness (QED) is 0.416. The zero-order valence-corrected chi connectivity index (χ0v) is 19.0. The Hall–Kier alpha value is -3.41. The molecule has 3 heterocycles. The molecule has 2 aromatic carbocycles. The third-order valence-electron chi connectivity index (χ3n) is 6.43. The number of nitrogens with zero attached hydrogens (tertiary/aromatic N) is 4. The highest BCUT2D eigenvalue weighted by Crippen LogP contribution is 2.29. The van der Waals surface area contributed by atoms with Crippen LogP contribution in [0.4, 0.5) is 0 Å². The third kappa shape index (κ3) is 4.85. The minimum Gasteiger partial charge on any atom is -0.481 e. The molecular formula is C28H30N4O. The molecule has 0 atom stereocenters. The lowest BCUT2D eigenvalue weighted by molar-refractivity contribution is 0.103. The van der Waals surface area contributed by atoms with E-state index in [2.05, 4.69) is 104 Å². The molecule has 5 nitrogen and oxygen atoms in total. The Kier molecular flexibility index (Phi) is 6.51. The molecule has 1 fully saturated rings. The van der Waals surface area contributed by atoms with Gasteiger partial charge in [-0.1, -0.05) is 60.7 Å². The molecule has 0 N–H and O–H groups in total. The van der Waals surface area contributed by atoms with Crippen molar-refractivity contribution in [1.29, 1.82) is 0 Å². The second-order valence-corrected chi connectivity index (χ2v) is 8.46. The highest BCUT2D eigenvalue weighted by atomic mass is 16.5. The van der Waals surface area contributed by atoms with Gasteiger partial charge < -0.3 is 9.30 Å². The third-order valence-corrected chi connectivity index (χ3v) is 6.43. The van der Waals surface area contributed by atoms with Crippen molar-refractivity contribution >= 4 is 0 Å². The molecule has 1 saturated heterocycles. The Morgan fingerprint density at radius 1 is 0.788 bits per heavy atom. The second-order valence-electron chi connectivity index (χ2n) is 8.46. The molecule has 0 saturated carbocycles. The normalized spacial score (nSPS) is 15.1. The largest absolute Gasteiger partial charge is 0.481 e. The van der Waals surface area contributed by atoms with Crippen LogP contribution in [0, 0.1) is 0 Å². The maximum atomic E-state index is 5.20. The van der Waals surface area contributed by atoms with E-state index < -0.39 is 0 Å². The topological polar surface area (TPSA) is 33.5 Å². The van der Waals surface area contributed by atoms with Crippen LogP contribution in [0.2, 0.25) is 0 Å². The summed E-state index contributed by atoms with van der Waals surface area (Å²) in [6.07, 6.45) is 3.97. The van der Waals surface area contributed by atoms with Crippen molar-refractivity contribution in [2.24, 2.45) is 0 Å². The van der Waals surface area contributed by atoms with Crippen LogP contribution in [0.5, 0.6) is 5.88 Å². The highest BCUT2D eigenvalue weighted by Gasteiger charge is 2.26. The number of pyridine rings is 1. The summed E-state index contributed by atoms with van der Waals surface area (Å²) >= 11 is 0. The average molecular weight is 439 g/mol. The van der Waals surface area contributed by atoms with E-state index in [1.807, 2.05) is 12.3 Å². The van der Waals surface area contributed by atoms with E-state index in [1.54, 1.807) is 7.11 Å². The van der Waals surface area contributed by atoms with E-state index in [0.717, 1.165) is 38.4 Å². The standard InChI is InChI=1S/C28H30N4O/c1-33-27-15-14-25(21-29-27)32-16-8-13-26(32)22-30-17-19-31(20-18-30)28(23-9-4-2-5-10-23)24-11-6-3-7-12-24/h2-16,21,28H,17-20,22H2,1H3. The number of ether oxygens (including phenoxy) is 1. The lowest BCUT2D eigenvalue weighted by atomic mass is 9.96. The predicted octanol–water partition coefficient (Wildman–Crippen LogP) is 4.79. The molecule has 5 heteroatoms. The van der Waals surface area contributed by atoms with Crippen LogP contribution < -0.4 is 4.74 Å². The fourth-order valence-electron chi connectivity index (χ4n) is 4.73. The van der Waals surface area contributed by atoms with Crippen LogP contribution in [-0.4, -0.2) is 52.6 Å². The van der Waals surface area contributed by atoms with Gasteiger partial charge >= 0.3 is 0 Å². The van der Waals surface area contributed by atoms with Crippen molar-refractivity contribution in [2.45, 2.75) is 12.6 Å². The highest BCUT2D eigenvalue weighted by molar-refractivity contribution is 5.35. The molecule has 0 unspecified atom stereocenters. The number of piperazine rings is 1. The van der Waals surface area contributed by atoms with Gasteiger partial charge in [0.15, 0.2) is 0 Å². The van der Waals surface area contributed by atoms with E-state index in [0.29, 0.717) is 11.9 Å². The van der Waals surface area contributed by atoms with Gasteiger partial charge in [0.2, 0.25) is 5.88 Å². The minimum absolute atomic E-state index is 0.295. The Morgan fingerprint density at radius 3 is 2.03 bits per heavy atom. The van der Waals surface area contributed by atoms with Gasteiger partial charge in [-0.05, 0) is 29.3 Å². The predicted molar refractivity (Wildman–Crippen MR) is 132 cm³/mol. The van der Waals surface area contributed by atoms with Crippen molar-refractivity contribution in [2.75, 3.05) is 33.3 Å². The molecule has 4 aromatic rings. The van der Waals surface area contributed by atoms with Gasteiger partial charge in [0.1, 0.15) is 0 Å².